The molecule has 0 radical (unpaired) electrons. The van der Waals surface area contributed by atoms with Crippen molar-refractivity contribution >= 4 is 18.0 Å². The first kappa shape index (κ1) is 11.2. The van der Waals surface area contributed by atoms with Crippen LogP contribution in [-0.2, 0) is 5.75 Å². The van der Waals surface area contributed by atoms with Crippen LogP contribution in [0.15, 0.2) is 6.07 Å². The van der Waals surface area contributed by atoms with Crippen LogP contribution < -0.4 is 0 Å². The molecule has 1 heterocycles. The molecule has 1 aromatic rings. The SMILES string of the molecule is CCCSCc1nc(C)cc(C=O)n1. The molecule has 0 aromatic carbocycles. The van der Waals surface area contributed by atoms with Gasteiger partial charge in [0.1, 0.15) is 11.5 Å². The van der Waals surface area contributed by atoms with Gasteiger partial charge in [0.05, 0.1) is 5.75 Å². The van der Waals surface area contributed by atoms with E-state index in [1.807, 2.05) is 6.92 Å². The number of aromatic nitrogens is 2. The van der Waals surface area contributed by atoms with Gasteiger partial charge >= 0.3 is 0 Å². The van der Waals surface area contributed by atoms with Crippen LogP contribution in [0.1, 0.15) is 35.4 Å². The Kier molecular flexibility index (Phi) is 4.59. The van der Waals surface area contributed by atoms with E-state index in [1.54, 1.807) is 17.8 Å². The van der Waals surface area contributed by atoms with E-state index >= 15 is 0 Å². The first-order valence-corrected chi connectivity index (χ1v) is 5.79. The predicted octanol–water partition coefficient (Wildman–Crippen LogP) is 2.24. The van der Waals surface area contributed by atoms with Gasteiger partial charge in [0.15, 0.2) is 6.29 Å². The quantitative estimate of drug-likeness (QED) is 0.552. The highest BCUT2D eigenvalue weighted by Gasteiger charge is 2.01. The van der Waals surface area contributed by atoms with Crippen molar-refractivity contribution in [1.29, 1.82) is 0 Å². The number of thioether (sulfide) groups is 1. The lowest BCUT2D eigenvalue weighted by molar-refractivity contribution is 0.111. The van der Waals surface area contributed by atoms with E-state index in [9.17, 15) is 4.79 Å². The number of aldehydes is 1. The van der Waals surface area contributed by atoms with Crippen LogP contribution >= 0.6 is 11.8 Å². The molecule has 4 heteroatoms. The lowest BCUT2D eigenvalue weighted by Gasteiger charge is -2.01. The van der Waals surface area contributed by atoms with E-state index in [0.717, 1.165) is 35.7 Å². The molecule has 0 saturated heterocycles. The van der Waals surface area contributed by atoms with Crippen molar-refractivity contribution in [3.63, 3.8) is 0 Å². The summed E-state index contributed by atoms with van der Waals surface area (Å²) in [7, 11) is 0. The van der Waals surface area contributed by atoms with Crippen LogP contribution in [0.2, 0.25) is 0 Å². The first-order chi connectivity index (χ1) is 6.76. The fourth-order valence-electron chi connectivity index (χ4n) is 1.09. The maximum atomic E-state index is 10.5. The fraction of sp³-hybridized carbons (Fsp3) is 0.500. The lowest BCUT2D eigenvalue weighted by Crippen LogP contribution is -1.99. The first-order valence-electron chi connectivity index (χ1n) is 4.63. The van der Waals surface area contributed by atoms with Gasteiger partial charge in [-0.15, -0.1) is 0 Å². The normalized spacial score (nSPS) is 10.1. The third kappa shape index (κ3) is 3.46. The Hall–Kier alpha value is -0.900. The van der Waals surface area contributed by atoms with Crippen molar-refractivity contribution in [1.82, 2.24) is 9.97 Å². The number of hydrogen-bond donors (Lipinski definition) is 0. The molecule has 14 heavy (non-hydrogen) atoms. The standard InChI is InChI=1S/C10H14N2OS/c1-3-4-14-7-10-11-8(2)5-9(6-13)12-10/h5-6H,3-4,7H2,1-2H3. The van der Waals surface area contributed by atoms with Gasteiger partial charge in [-0.3, -0.25) is 4.79 Å². The van der Waals surface area contributed by atoms with E-state index < -0.39 is 0 Å². The number of aryl methyl sites for hydroxylation is 1. The highest BCUT2D eigenvalue weighted by Crippen LogP contribution is 2.10. The molecular weight excluding hydrogens is 196 g/mol. The van der Waals surface area contributed by atoms with Crippen LogP contribution in [0, 0.1) is 6.92 Å². The average molecular weight is 210 g/mol. The molecule has 1 aromatic heterocycles. The molecular formula is C10H14N2OS. The van der Waals surface area contributed by atoms with Crippen LogP contribution in [-0.4, -0.2) is 22.0 Å². The molecule has 0 amide bonds. The highest BCUT2D eigenvalue weighted by atomic mass is 32.2. The number of nitrogens with zero attached hydrogens (tertiary/aromatic N) is 2. The van der Waals surface area contributed by atoms with Gasteiger partial charge in [-0.05, 0) is 25.2 Å². The maximum absolute atomic E-state index is 10.5. The van der Waals surface area contributed by atoms with E-state index in [0.29, 0.717) is 5.69 Å². The second-order valence-electron chi connectivity index (χ2n) is 3.02. The van der Waals surface area contributed by atoms with Crippen molar-refractivity contribution in [2.45, 2.75) is 26.0 Å². The molecule has 0 aliphatic rings. The Morgan fingerprint density at radius 3 is 2.93 bits per heavy atom. The summed E-state index contributed by atoms with van der Waals surface area (Å²) in [4.78, 5) is 18.9. The van der Waals surface area contributed by atoms with Crippen molar-refractivity contribution in [3.8, 4) is 0 Å². The molecule has 0 aliphatic heterocycles. The van der Waals surface area contributed by atoms with Crippen molar-refractivity contribution in [2.24, 2.45) is 0 Å². The maximum Gasteiger partial charge on any atom is 0.168 e. The summed E-state index contributed by atoms with van der Waals surface area (Å²) in [6.07, 6.45) is 1.92. The summed E-state index contributed by atoms with van der Waals surface area (Å²) in [5.41, 5.74) is 1.33. The summed E-state index contributed by atoms with van der Waals surface area (Å²) in [5, 5.41) is 0. The summed E-state index contributed by atoms with van der Waals surface area (Å²) in [6.45, 7) is 4.02. The zero-order valence-electron chi connectivity index (χ0n) is 8.49. The zero-order chi connectivity index (χ0) is 10.4. The molecule has 0 bridgehead atoms. The van der Waals surface area contributed by atoms with Gasteiger partial charge in [-0.25, -0.2) is 9.97 Å². The van der Waals surface area contributed by atoms with E-state index in [2.05, 4.69) is 16.9 Å². The number of carbonyl (C=O) groups excluding carboxylic acids is 1. The minimum atomic E-state index is 0.476. The number of rotatable bonds is 5. The third-order valence-electron chi connectivity index (χ3n) is 1.62. The molecule has 0 spiro atoms. The molecule has 0 unspecified atom stereocenters. The van der Waals surface area contributed by atoms with Gasteiger partial charge < -0.3 is 0 Å². The molecule has 0 N–H and O–H groups in total. The molecule has 3 nitrogen and oxygen atoms in total. The van der Waals surface area contributed by atoms with Gasteiger partial charge in [0.2, 0.25) is 0 Å². The summed E-state index contributed by atoms with van der Waals surface area (Å²) in [5.74, 6) is 2.65. The minimum Gasteiger partial charge on any atom is -0.296 e. The fourth-order valence-corrected chi connectivity index (χ4v) is 1.83. The molecule has 76 valence electrons. The van der Waals surface area contributed by atoms with Gasteiger partial charge in [0.25, 0.3) is 0 Å². The van der Waals surface area contributed by atoms with Crippen molar-refractivity contribution in [3.05, 3.63) is 23.3 Å². The second kappa shape index (κ2) is 5.75. The van der Waals surface area contributed by atoms with E-state index in [4.69, 9.17) is 0 Å². The van der Waals surface area contributed by atoms with Crippen LogP contribution in [0.3, 0.4) is 0 Å². The van der Waals surface area contributed by atoms with Gasteiger partial charge in [0, 0.05) is 5.69 Å². The molecule has 0 aliphatic carbocycles. The van der Waals surface area contributed by atoms with E-state index in [-0.39, 0.29) is 0 Å². The van der Waals surface area contributed by atoms with Crippen LogP contribution in [0.4, 0.5) is 0 Å². The Labute approximate surface area is 88.3 Å². The predicted molar refractivity (Wildman–Crippen MR) is 58.6 cm³/mol. The molecule has 0 atom stereocenters. The van der Waals surface area contributed by atoms with Crippen molar-refractivity contribution < 1.29 is 4.79 Å². The summed E-state index contributed by atoms with van der Waals surface area (Å²) in [6, 6.07) is 1.70. The van der Waals surface area contributed by atoms with Gasteiger partial charge in [-0.2, -0.15) is 11.8 Å². The number of hydrogen-bond acceptors (Lipinski definition) is 4. The Morgan fingerprint density at radius 2 is 2.29 bits per heavy atom. The lowest BCUT2D eigenvalue weighted by atomic mass is 10.3. The average Bonchev–Trinajstić information content (AvgIpc) is 2.17. The summed E-state index contributed by atoms with van der Waals surface area (Å²) < 4.78 is 0. The molecule has 0 fully saturated rings. The Bertz CT molecular complexity index is 315. The van der Waals surface area contributed by atoms with Crippen LogP contribution in [0.5, 0.6) is 0 Å². The highest BCUT2D eigenvalue weighted by molar-refractivity contribution is 7.98. The van der Waals surface area contributed by atoms with E-state index in [1.165, 1.54) is 0 Å². The third-order valence-corrected chi connectivity index (χ3v) is 2.78. The Balaban J connectivity index is 2.66. The smallest absolute Gasteiger partial charge is 0.168 e. The molecule has 0 saturated carbocycles. The van der Waals surface area contributed by atoms with Crippen molar-refractivity contribution in [2.75, 3.05) is 5.75 Å². The monoisotopic (exact) mass is 210 g/mol. The minimum absolute atomic E-state index is 0.476. The largest absolute Gasteiger partial charge is 0.296 e. The number of carbonyl (C=O) groups is 1. The topological polar surface area (TPSA) is 42.9 Å². The molecule has 1 rings (SSSR count). The zero-order valence-corrected chi connectivity index (χ0v) is 9.30. The van der Waals surface area contributed by atoms with Crippen LogP contribution in [0.25, 0.3) is 0 Å². The van der Waals surface area contributed by atoms with Gasteiger partial charge in [-0.1, -0.05) is 6.92 Å². The Morgan fingerprint density at radius 1 is 1.50 bits per heavy atom. The second-order valence-corrected chi connectivity index (χ2v) is 4.13. The summed E-state index contributed by atoms with van der Waals surface area (Å²) >= 11 is 1.79.